The first-order valence-electron chi connectivity index (χ1n) is 33.7. The molecule has 6 aromatic heterocycles. The van der Waals surface area contributed by atoms with E-state index in [-0.39, 0.29) is 161 Å². The van der Waals surface area contributed by atoms with E-state index in [0.717, 1.165) is 35.3 Å². The Morgan fingerprint density at radius 2 is 0.741 bits per heavy atom. The molecule has 6 aliphatic rings. The molecule has 6 fully saturated rings. The van der Waals surface area contributed by atoms with Crippen LogP contribution in [0.3, 0.4) is 0 Å². The molecule has 48 heteroatoms. The number of anilines is 3. The fraction of sp³-hybridized carbons (Fsp3) is 0.700. The predicted octanol–water partition coefficient (Wildman–Crippen LogP) is 6.75. The lowest BCUT2D eigenvalue weighted by Crippen LogP contribution is -2.44. The molecule has 9 N–H and O–H groups in total. The van der Waals surface area contributed by atoms with Crippen molar-refractivity contribution < 1.29 is 126 Å². The minimum Gasteiger partial charge on any atom is -0.476 e. The van der Waals surface area contributed by atoms with E-state index >= 15 is 13.2 Å². The number of fused-ring (bicyclic) bond motifs is 6. The Bertz CT molecular complexity index is 3970. The summed E-state index contributed by atoms with van der Waals surface area (Å²) < 4.78 is 174. The lowest BCUT2D eigenvalue weighted by Gasteiger charge is -2.33. The number of nitrogens with zero attached hydrogens (tertiary/aromatic N) is 12. The molecule has 12 heterocycles. The normalized spacial score (nSPS) is 30.4. The zero-order valence-corrected chi connectivity index (χ0v) is 65.9. The largest absolute Gasteiger partial charge is 0.476 e. The quantitative estimate of drug-likeness (QED) is 0.0229. The lowest BCUT2D eigenvalue weighted by molar-refractivity contribution is -0.120. The Morgan fingerprint density at radius 3 is 0.972 bits per heavy atom. The maximum absolute atomic E-state index is 16.2. The van der Waals surface area contributed by atoms with Crippen LogP contribution in [0.5, 0.6) is 17.6 Å². The molecule has 6 aromatic rings. The van der Waals surface area contributed by atoms with Crippen LogP contribution in [0.4, 0.5) is 31.0 Å². The first-order valence-corrected chi connectivity index (χ1v) is 41.1. The highest BCUT2D eigenvalue weighted by Crippen LogP contribution is 2.63. The van der Waals surface area contributed by atoms with Crippen LogP contribution in [0.25, 0.3) is 33.5 Å². The molecular formula is C60H87F3N15O24P3S3. The van der Waals surface area contributed by atoms with Gasteiger partial charge in [-0.2, -0.15) is 29.9 Å². The first kappa shape index (κ1) is 84.8. The average Bonchev–Trinajstić information content (AvgIpc) is 1.59. The number of hydrogen-bond donors (Lipinski definition) is 6. The van der Waals surface area contributed by atoms with Crippen LogP contribution in [-0.2, 0) is 83.0 Å². The number of alkyl halides is 3. The third-order valence-corrected chi connectivity index (χ3v) is 25.2. The van der Waals surface area contributed by atoms with Crippen molar-refractivity contribution in [3.05, 3.63) is 19.0 Å². The minimum absolute atomic E-state index is 0.0834. The average molecular weight is 1650 g/mol. The number of carbonyl (C=O) groups excluding carboxylic acids is 3. The van der Waals surface area contributed by atoms with Crippen molar-refractivity contribution in [3.63, 3.8) is 0 Å². The van der Waals surface area contributed by atoms with Crippen LogP contribution in [0.15, 0.2) is 19.0 Å². The predicted molar refractivity (Wildman–Crippen MR) is 381 cm³/mol. The zero-order chi connectivity index (χ0) is 78.9. The number of aliphatic hydroxyl groups is 3. The number of nitrogens with two attached hydrogens (primary N) is 3. The Hall–Kier alpha value is -5.61. The van der Waals surface area contributed by atoms with E-state index < -0.39 is 112 Å². The molecule has 1 unspecified atom stereocenters. The molecule has 0 amide bonds. The fourth-order valence-electron chi connectivity index (χ4n) is 11.3. The summed E-state index contributed by atoms with van der Waals surface area (Å²) in [5.74, 6) is 0.651. The second kappa shape index (κ2) is 33.6. The van der Waals surface area contributed by atoms with Gasteiger partial charge in [0, 0.05) is 17.3 Å². The van der Waals surface area contributed by atoms with Crippen LogP contribution >= 0.6 is 58.8 Å². The number of carbonyl (C=O) groups is 3. The summed E-state index contributed by atoms with van der Waals surface area (Å²) in [5, 5.41) is 27.1. The summed E-state index contributed by atoms with van der Waals surface area (Å²) in [6.45, 7) is 17.6. The summed E-state index contributed by atoms with van der Waals surface area (Å²) in [5.41, 5.74) is 9.52. The lowest BCUT2D eigenvalue weighted by atomic mass is 9.97. The number of imidazole rings is 3. The zero-order valence-electron chi connectivity index (χ0n) is 60.7. The van der Waals surface area contributed by atoms with Crippen molar-refractivity contribution in [1.29, 1.82) is 0 Å². The minimum atomic E-state index is -4.13. The van der Waals surface area contributed by atoms with Gasteiger partial charge in [0.2, 0.25) is 35.5 Å². The number of aromatic nitrogens is 12. The summed E-state index contributed by atoms with van der Waals surface area (Å²) >= 11 is 2.77. The molecule has 0 bridgehead atoms. The smallest absolute Gasteiger partial charge is 0.475 e. The van der Waals surface area contributed by atoms with Crippen molar-refractivity contribution in [2.24, 2.45) is 16.2 Å². The van der Waals surface area contributed by atoms with Gasteiger partial charge in [-0.3, -0.25) is 68.8 Å². The van der Waals surface area contributed by atoms with Crippen LogP contribution in [0, 0.1) is 16.2 Å². The van der Waals surface area contributed by atoms with E-state index in [4.69, 9.17) is 86.3 Å². The summed E-state index contributed by atoms with van der Waals surface area (Å²) in [7, 11) is -12.4. The van der Waals surface area contributed by atoms with Crippen molar-refractivity contribution >= 4 is 125 Å². The third-order valence-electron chi connectivity index (χ3n) is 17.3. The Kier molecular flexibility index (Phi) is 26.4. The van der Waals surface area contributed by atoms with Gasteiger partial charge in [-0.25, -0.2) is 41.8 Å². The number of aliphatic hydroxyl groups excluding tert-OH is 3. The van der Waals surface area contributed by atoms with Crippen molar-refractivity contribution in [2.45, 2.75) is 155 Å². The number of hydrogen-bond acceptors (Lipinski definition) is 39. The first-order chi connectivity index (χ1) is 50.7. The third kappa shape index (κ3) is 18.1. The summed E-state index contributed by atoms with van der Waals surface area (Å²) in [6, 6.07) is 0. The van der Waals surface area contributed by atoms with Crippen LogP contribution in [0.2, 0.25) is 0 Å². The number of nitrogen functional groups attached to an aromatic ring is 3. The maximum Gasteiger partial charge on any atom is 0.475 e. The van der Waals surface area contributed by atoms with Gasteiger partial charge in [-0.15, -0.1) is 0 Å². The molecular weight excluding hydrogens is 1560 g/mol. The van der Waals surface area contributed by atoms with Crippen LogP contribution in [-0.4, -0.2) is 239 Å². The van der Waals surface area contributed by atoms with Crippen LogP contribution < -0.4 is 31.4 Å². The summed E-state index contributed by atoms with van der Waals surface area (Å²) in [6.07, 6.45) is -6.30. The fourth-order valence-corrected chi connectivity index (χ4v) is 18.5. The van der Waals surface area contributed by atoms with Gasteiger partial charge in [-0.1, -0.05) is 35.3 Å². The Labute approximate surface area is 628 Å². The molecule has 600 valence electrons. The number of phosphoric ester groups is 3. The molecule has 0 radical (unpaired) electrons. The number of phosphoric acid groups is 3. The second-order valence-electron chi connectivity index (χ2n) is 27.3. The van der Waals surface area contributed by atoms with E-state index in [1.165, 1.54) is 53.5 Å². The van der Waals surface area contributed by atoms with Crippen molar-refractivity contribution in [3.8, 4) is 17.6 Å². The van der Waals surface area contributed by atoms with E-state index in [9.17, 15) is 43.4 Å². The molecule has 6 aliphatic heterocycles. The molecule has 15 atom stereocenters. The van der Waals surface area contributed by atoms with Gasteiger partial charge in [-0.05, 0) is 83.1 Å². The second-order valence-corrected chi connectivity index (χ2v) is 35.4. The molecule has 0 aliphatic carbocycles. The van der Waals surface area contributed by atoms with E-state index in [1.807, 2.05) is 0 Å². The standard InChI is InChI=1S/3C20H29FN5O8PS/c3*1-5-30-15-12-14(24-18(22)25-15)26(10-23-12)16-20(4,21)13-11(33-16)8-32-35(29,34-13)31-6-7-36-17(28)19(2,3)9-27/h3*10-11,13,16,27H,5-9H2,1-4H3,(H2,22,24,25)/t11-,13-,16-,20-,35?;11-,13-,16-,20-,35+;11-,13-,16-,20-,35-/m111/s1. The van der Waals surface area contributed by atoms with Gasteiger partial charge < -0.3 is 60.9 Å². The maximum atomic E-state index is 16.2. The molecule has 0 aromatic carbocycles. The Balaban J connectivity index is 0.000000173. The highest BCUT2D eigenvalue weighted by molar-refractivity contribution is 8.14. The molecule has 0 saturated carbocycles. The SMILES string of the molecule is CCOc1nc(N)nc2c1ncn2[C@@H]1O[C@@H]2COP(=O)(OCCSC(=O)C(C)(C)CO)O[C@H]2[C@@]1(C)F.CCOc1nc(N)nc2c1ncn2[C@@H]1O[C@@H]2CO[P@@](=O)(OCCSC(=O)C(C)(C)CO)O[C@H]2[C@@]1(C)F.CCOc1nc(N)nc2c1ncn2[C@@H]1O[C@@H]2CO[P@](=O)(OCCSC(=O)C(C)(C)CO)O[C@H]2[C@@]1(C)F. The van der Waals surface area contributed by atoms with Gasteiger partial charge in [0.15, 0.2) is 84.5 Å². The van der Waals surface area contributed by atoms with Gasteiger partial charge in [0.1, 0.15) is 36.6 Å². The van der Waals surface area contributed by atoms with Gasteiger partial charge >= 0.3 is 23.5 Å². The van der Waals surface area contributed by atoms with Crippen LogP contribution in [0.1, 0.15) is 102 Å². The molecule has 6 saturated heterocycles. The topological polar surface area (TPSA) is 510 Å². The number of ether oxygens (including phenoxy) is 6. The van der Waals surface area contributed by atoms with E-state index in [1.54, 1.807) is 62.3 Å². The number of rotatable bonds is 27. The molecule has 108 heavy (non-hydrogen) atoms. The van der Waals surface area contributed by atoms with Crippen molar-refractivity contribution in [1.82, 2.24) is 58.6 Å². The highest BCUT2D eigenvalue weighted by atomic mass is 32.2. The van der Waals surface area contributed by atoms with E-state index in [0.29, 0.717) is 19.8 Å². The van der Waals surface area contributed by atoms with Gasteiger partial charge in [0.05, 0.1) is 115 Å². The molecule has 39 nitrogen and oxygen atoms in total. The Morgan fingerprint density at radius 1 is 0.491 bits per heavy atom. The summed E-state index contributed by atoms with van der Waals surface area (Å²) in [4.78, 5) is 73.6. The van der Waals surface area contributed by atoms with Crippen molar-refractivity contribution in [2.75, 3.05) is 114 Å². The van der Waals surface area contributed by atoms with E-state index in [2.05, 4.69) is 44.9 Å². The number of thioether (sulfide) groups is 3. The van der Waals surface area contributed by atoms with Gasteiger partial charge in [0.25, 0.3) is 0 Å². The molecule has 12 rings (SSSR count). The number of halogens is 3. The highest BCUT2D eigenvalue weighted by Gasteiger charge is 2.65. The monoisotopic (exact) mass is 1650 g/mol. The molecule has 0 spiro atoms.